The Kier molecular flexibility index (Phi) is 6.44. The van der Waals surface area contributed by atoms with Crippen molar-refractivity contribution in [3.8, 4) is 0 Å². The number of rotatable bonds is 6. The van der Waals surface area contributed by atoms with Gasteiger partial charge in [0.15, 0.2) is 0 Å². The second-order valence-electron chi connectivity index (χ2n) is 6.13. The van der Waals surface area contributed by atoms with Crippen LogP contribution >= 0.6 is 0 Å². The first kappa shape index (κ1) is 17.3. The van der Waals surface area contributed by atoms with Gasteiger partial charge in [-0.15, -0.1) is 0 Å². The molecule has 1 aliphatic rings. The lowest BCUT2D eigenvalue weighted by Gasteiger charge is -2.32. The zero-order valence-corrected chi connectivity index (χ0v) is 14.0. The van der Waals surface area contributed by atoms with E-state index < -0.39 is 0 Å². The van der Waals surface area contributed by atoms with Gasteiger partial charge in [0.05, 0.1) is 0 Å². The highest BCUT2D eigenvalue weighted by molar-refractivity contribution is 5.91. The van der Waals surface area contributed by atoms with Crippen molar-refractivity contribution in [3.63, 3.8) is 0 Å². The molecule has 1 N–H and O–H groups in total. The highest BCUT2D eigenvalue weighted by atomic mass is 16.3. The van der Waals surface area contributed by atoms with Crippen LogP contribution in [0, 0.1) is 12.8 Å². The van der Waals surface area contributed by atoms with Crippen LogP contribution in [0.3, 0.4) is 0 Å². The number of hydrogen-bond acceptors (Lipinski definition) is 3. The first-order valence-corrected chi connectivity index (χ1v) is 8.38. The van der Waals surface area contributed by atoms with E-state index in [1.807, 2.05) is 30.9 Å². The molecule has 0 unspecified atom stereocenters. The number of carbonyl (C=O) groups excluding carboxylic acids is 2. The Labute approximate surface area is 137 Å². The molecular weight excluding hydrogens is 292 g/mol. The minimum atomic E-state index is 0.00337. The molecule has 5 heteroatoms. The van der Waals surface area contributed by atoms with E-state index in [0.29, 0.717) is 31.2 Å². The Bertz CT molecular complexity index is 562. The van der Waals surface area contributed by atoms with Gasteiger partial charge in [-0.25, -0.2) is 0 Å². The Morgan fingerprint density at radius 3 is 2.96 bits per heavy atom. The number of furan rings is 1. The lowest BCUT2D eigenvalue weighted by molar-refractivity contribution is -0.127. The van der Waals surface area contributed by atoms with Gasteiger partial charge in [0.25, 0.3) is 0 Å². The molecule has 1 aliphatic heterocycles. The molecule has 0 radical (unpaired) electrons. The van der Waals surface area contributed by atoms with E-state index in [1.165, 1.54) is 0 Å². The van der Waals surface area contributed by atoms with E-state index in [1.54, 1.807) is 12.2 Å². The predicted molar refractivity (Wildman–Crippen MR) is 89.7 cm³/mol. The topological polar surface area (TPSA) is 62.6 Å². The Morgan fingerprint density at radius 1 is 1.43 bits per heavy atom. The molecule has 0 aliphatic carbocycles. The van der Waals surface area contributed by atoms with Gasteiger partial charge in [-0.2, -0.15) is 0 Å². The van der Waals surface area contributed by atoms with Gasteiger partial charge in [-0.05, 0) is 50.3 Å². The van der Waals surface area contributed by atoms with Crippen LogP contribution in [0.1, 0.15) is 44.1 Å². The van der Waals surface area contributed by atoms with Crippen LogP contribution < -0.4 is 5.32 Å². The fraction of sp³-hybridized carbons (Fsp3) is 0.556. The van der Waals surface area contributed by atoms with Crippen molar-refractivity contribution >= 4 is 17.9 Å². The molecule has 2 amide bonds. The molecule has 1 aromatic heterocycles. The minimum absolute atomic E-state index is 0.00337. The standard InChI is InChI=1S/C18H26N2O3/c1-3-5-17(21)19-12-15-6-4-11-20(13-15)18(22)10-9-16-8-7-14(2)23-16/h7-10,15H,3-6,11-13H2,1-2H3,(H,19,21)/b10-9-/t15-/m1/s1. The third-order valence-electron chi connectivity index (χ3n) is 4.05. The minimum Gasteiger partial charge on any atom is -0.462 e. The van der Waals surface area contributed by atoms with Gasteiger partial charge in [0.1, 0.15) is 11.5 Å². The number of amides is 2. The van der Waals surface area contributed by atoms with Gasteiger partial charge >= 0.3 is 0 Å². The zero-order chi connectivity index (χ0) is 16.7. The summed E-state index contributed by atoms with van der Waals surface area (Å²) in [4.78, 5) is 25.7. The monoisotopic (exact) mass is 318 g/mol. The van der Waals surface area contributed by atoms with Crippen LogP contribution in [0.5, 0.6) is 0 Å². The molecule has 23 heavy (non-hydrogen) atoms. The van der Waals surface area contributed by atoms with E-state index in [9.17, 15) is 9.59 Å². The van der Waals surface area contributed by atoms with E-state index >= 15 is 0 Å². The average Bonchev–Trinajstić information content (AvgIpc) is 2.97. The van der Waals surface area contributed by atoms with E-state index in [2.05, 4.69) is 5.32 Å². The summed E-state index contributed by atoms with van der Waals surface area (Å²) in [5.41, 5.74) is 0. The number of carbonyl (C=O) groups is 2. The van der Waals surface area contributed by atoms with Crippen LogP contribution in [-0.4, -0.2) is 36.3 Å². The summed E-state index contributed by atoms with van der Waals surface area (Å²) in [7, 11) is 0. The van der Waals surface area contributed by atoms with Crippen molar-refractivity contribution in [1.29, 1.82) is 0 Å². The molecule has 2 rings (SSSR count). The first-order valence-electron chi connectivity index (χ1n) is 8.38. The number of likely N-dealkylation sites (tertiary alicyclic amines) is 1. The van der Waals surface area contributed by atoms with Gasteiger partial charge in [0, 0.05) is 32.1 Å². The first-order chi connectivity index (χ1) is 11.1. The van der Waals surface area contributed by atoms with Crippen molar-refractivity contribution in [1.82, 2.24) is 10.2 Å². The van der Waals surface area contributed by atoms with Gasteiger partial charge in [-0.1, -0.05) is 6.92 Å². The lowest BCUT2D eigenvalue weighted by atomic mass is 9.98. The molecule has 1 fully saturated rings. The quantitative estimate of drug-likeness (QED) is 0.820. The lowest BCUT2D eigenvalue weighted by Crippen LogP contribution is -2.43. The van der Waals surface area contributed by atoms with Crippen LogP contribution in [0.25, 0.3) is 6.08 Å². The fourth-order valence-electron chi connectivity index (χ4n) is 2.81. The summed E-state index contributed by atoms with van der Waals surface area (Å²) in [5.74, 6) is 1.97. The van der Waals surface area contributed by atoms with Crippen molar-refractivity contribution in [2.45, 2.75) is 39.5 Å². The molecule has 1 atom stereocenters. The molecule has 0 spiro atoms. The molecule has 126 valence electrons. The third kappa shape index (κ3) is 5.58. The Balaban J connectivity index is 1.81. The second kappa shape index (κ2) is 8.56. The highest BCUT2D eigenvalue weighted by Crippen LogP contribution is 2.17. The van der Waals surface area contributed by atoms with E-state index in [0.717, 1.165) is 31.6 Å². The van der Waals surface area contributed by atoms with Crippen LogP contribution in [0.15, 0.2) is 22.6 Å². The highest BCUT2D eigenvalue weighted by Gasteiger charge is 2.22. The summed E-state index contributed by atoms with van der Waals surface area (Å²) in [6.07, 6.45) is 6.74. The maximum absolute atomic E-state index is 12.3. The smallest absolute Gasteiger partial charge is 0.246 e. The summed E-state index contributed by atoms with van der Waals surface area (Å²) < 4.78 is 5.43. The molecule has 5 nitrogen and oxygen atoms in total. The zero-order valence-electron chi connectivity index (χ0n) is 14.0. The number of nitrogens with zero attached hydrogens (tertiary/aromatic N) is 1. The van der Waals surface area contributed by atoms with Gasteiger partial charge < -0.3 is 14.6 Å². The summed E-state index contributed by atoms with van der Waals surface area (Å²) in [6.45, 7) is 6.00. The van der Waals surface area contributed by atoms with E-state index in [-0.39, 0.29) is 11.8 Å². The van der Waals surface area contributed by atoms with Gasteiger partial charge in [-0.3, -0.25) is 9.59 Å². The van der Waals surface area contributed by atoms with Crippen molar-refractivity contribution < 1.29 is 14.0 Å². The maximum atomic E-state index is 12.3. The van der Waals surface area contributed by atoms with Gasteiger partial charge in [0.2, 0.25) is 11.8 Å². The number of nitrogens with one attached hydrogen (secondary N) is 1. The largest absolute Gasteiger partial charge is 0.462 e. The van der Waals surface area contributed by atoms with Crippen molar-refractivity contribution in [2.75, 3.05) is 19.6 Å². The molecule has 0 saturated carbocycles. The molecule has 1 saturated heterocycles. The van der Waals surface area contributed by atoms with Crippen LogP contribution in [-0.2, 0) is 9.59 Å². The number of aryl methyl sites for hydroxylation is 1. The molecule has 0 aromatic carbocycles. The van der Waals surface area contributed by atoms with Crippen molar-refractivity contribution in [2.24, 2.45) is 5.92 Å². The van der Waals surface area contributed by atoms with Crippen LogP contribution in [0.2, 0.25) is 0 Å². The van der Waals surface area contributed by atoms with Crippen molar-refractivity contribution in [3.05, 3.63) is 29.7 Å². The molecular formula is C18H26N2O3. The molecule has 0 bridgehead atoms. The number of hydrogen-bond donors (Lipinski definition) is 1. The Hall–Kier alpha value is -2.04. The second-order valence-corrected chi connectivity index (χ2v) is 6.13. The predicted octanol–water partition coefficient (Wildman–Crippen LogP) is 2.76. The van der Waals surface area contributed by atoms with Crippen LogP contribution in [0.4, 0.5) is 0 Å². The summed E-state index contributed by atoms with van der Waals surface area (Å²) in [5, 5.41) is 2.96. The normalized spacial score (nSPS) is 18.3. The fourth-order valence-corrected chi connectivity index (χ4v) is 2.81. The SMILES string of the molecule is CCCC(=O)NC[C@H]1CCCN(C(=O)/C=C\c2ccc(C)o2)C1. The third-order valence-corrected chi connectivity index (χ3v) is 4.05. The summed E-state index contributed by atoms with van der Waals surface area (Å²) >= 11 is 0. The van der Waals surface area contributed by atoms with E-state index in [4.69, 9.17) is 4.42 Å². The molecule has 2 heterocycles. The molecule has 1 aromatic rings. The average molecular weight is 318 g/mol. The summed E-state index contributed by atoms with van der Waals surface area (Å²) in [6, 6.07) is 3.72. The Morgan fingerprint density at radius 2 is 2.26 bits per heavy atom. The maximum Gasteiger partial charge on any atom is 0.246 e. The number of piperidine rings is 1.